The van der Waals surface area contributed by atoms with E-state index in [0.717, 1.165) is 21.8 Å². The third-order valence-corrected chi connectivity index (χ3v) is 4.94. The van der Waals surface area contributed by atoms with E-state index in [1.807, 2.05) is 24.3 Å². The van der Waals surface area contributed by atoms with Gasteiger partial charge in [-0.2, -0.15) is 13.2 Å². The van der Waals surface area contributed by atoms with Crippen molar-refractivity contribution < 1.29 is 23.1 Å². The van der Waals surface area contributed by atoms with Gasteiger partial charge in [0.2, 0.25) is 0 Å². The Labute approximate surface area is 137 Å². The number of piperidine rings is 1. The molecule has 0 aromatic heterocycles. The fourth-order valence-corrected chi connectivity index (χ4v) is 3.39. The molecule has 0 spiro atoms. The van der Waals surface area contributed by atoms with Crippen molar-refractivity contribution in [2.45, 2.75) is 30.3 Å². The van der Waals surface area contributed by atoms with Gasteiger partial charge in [-0.1, -0.05) is 12.1 Å². The van der Waals surface area contributed by atoms with Gasteiger partial charge in [0.05, 0.1) is 6.61 Å². The van der Waals surface area contributed by atoms with Crippen LogP contribution in [0.25, 0.3) is 0 Å². The molecule has 1 aliphatic rings. The van der Waals surface area contributed by atoms with Gasteiger partial charge in [0.1, 0.15) is 0 Å². The number of carbonyl (C=O) groups is 1. The van der Waals surface area contributed by atoms with E-state index in [2.05, 4.69) is 0 Å². The van der Waals surface area contributed by atoms with Gasteiger partial charge in [-0.05, 0) is 42.9 Å². The number of aliphatic hydroxyl groups excluding tert-OH is 1. The Morgan fingerprint density at radius 2 is 1.83 bits per heavy atom. The normalized spacial score (nSPS) is 16.6. The van der Waals surface area contributed by atoms with Crippen LogP contribution in [0.3, 0.4) is 0 Å². The minimum absolute atomic E-state index is 0.141. The molecule has 0 saturated carbocycles. The number of carbonyl (C=O) groups excluding carboxylic acids is 1. The molecule has 1 saturated heterocycles. The Hall–Kier alpha value is -1.21. The quantitative estimate of drug-likeness (QED) is 0.832. The van der Waals surface area contributed by atoms with Gasteiger partial charge in [-0.3, -0.25) is 4.79 Å². The first-order valence-electron chi connectivity index (χ1n) is 7.59. The van der Waals surface area contributed by atoms with Crippen molar-refractivity contribution in [3.63, 3.8) is 0 Å². The summed E-state index contributed by atoms with van der Waals surface area (Å²) in [6.07, 6.45) is -2.75. The highest BCUT2D eigenvalue weighted by Crippen LogP contribution is 2.26. The van der Waals surface area contributed by atoms with Crippen LogP contribution >= 0.6 is 11.8 Å². The summed E-state index contributed by atoms with van der Waals surface area (Å²) in [4.78, 5) is 13.2. The maximum absolute atomic E-state index is 12.4. The lowest BCUT2D eigenvalue weighted by atomic mass is 9.90. The number of benzene rings is 1. The molecule has 128 valence electrons. The van der Waals surface area contributed by atoms with E-state index in [4.69, 9.17) is 5.11 Å². The van der Waals surface area contributed by atoms with E-state index >= 15 is 0 Å². The van der Waals surface area contributed by atoms with Gasteiger partial charge in [0, 0.05) is 23.7 Å². The smallest absolute Gasteiger partial charge is 0.396 e. The van der Waals surface area contributed by atoms with E-state index in [1.54, 1.807) is 11.8 Å². The van der Waals surface area contributed by atoms with Crippen LogP contribution in [-0.2, 0) is 11.2 Å². The second-order valence-corrected chi connectivity index (χ2v) is 6.82. The Morgan fingerprint density at radius 3 is 2.35 bits per heavy atom. The maximum Gasteiger partial charge on any atom is 0.471 e. The Kier molecular flexibility index (Phi) is 6.35. The number of alkyl halides is 3. The summed E-state index contributed by atoms with van der Waals surface area (Å²) >= 11 is 1.58. The molecule has 23 heavy (non-hydrogen) atoms. The highest BCUT2D eigenvalue weighted by atomic mass is 32.2. The lowest BCUT2D eigenvalue weighted by molar-refractivity contribution is -0.186. The largest absolute Gasteiger partial charge is 0.471 e. The number of likely N-dealkylation sites (tertiary alicyclic amines) is 1. The van der Waals surface area contributed by atoms with Gasteiger partial charge in [0.25, 0.3) is 0 Å². The number of aliphatic hydroxyl groups is 1. The summed E-state index contributed by atoms with van der Waals surface area (Å²) in [5.74, 6) is -0.755. The van der Waals surface area contributed by atoms with E-state index in [-0.39, 0.29) is 19.7 Å². The molecule has 7 heteroatoms. The Morgan fingerprint density at radius 1 is 1.22 bits per heavy atom. The number of hydrogen-bond donors (Lipinski definition) is 1. The molecule has 1 aromatic rings. The number of amides is 1. The van der Waals surface area contributed by atoms with Gasteiger partial charge < -0.3 is 10.0 Å². The molecular weight excluding hydrogens is 327 g/mol. The van der Waals surface area contributed by atoms with Crippen LogP contribution in [0.1, 0.15) is 18.4 Å². The second kappa shape index (κ2) is 8.06. The molecule has 1 N–H and O–H groups in total. The predicted octanol–water partition coefficient (Wildman–Crippen LogP) is 3.11. The van der Waals surface area contributed by atoms with Crippen LogP contribution in [0.4, 0.5) is 13.2 Å². The van der Waals surface area contributed by atoms with Crippen LogP contribution in [-0.4, -0.2) is 47.5 Å². The number of halogens is 3. The number of nitrogens with zero attached hydrogens (tertiary/aromatic N) is 1. The average molecular weight is 347 g/mol. The van der Waals surface area contributed by atoms with Crippen molar-refractivity contribution in [3.8, 4) is 0 Å². The van der Waals surface area contributed by atoms with Gasteiger partial charge in [0.15, 0.2) is 0 Å². The van der Waals surface area contributed by atoms with E-state index in [0.29, 0.717) is 24.5 Å². The van der Waals surface area contributed by atoms with Crippen LogP contribution in [0.5, 0.6) is 0 Å². The minimum Gasteiger partial charge on any atom is -0.396 e. The molecule has 2 rings (SSSR count). The Bertz CT molecular complexity index is 511. The van der Waals surface area contributed by atoms with Crippen LogP contribution < -0.4 is 0 Å². The van der Waals surface area contributed by atoms with E-state index in [9.17, 15) is 18.0 Å². The summed E-state index contributed by atoms with van der Waals surface area (Å²) in [5.41, 5.74) is 1.15. The van der Waals surface area contributed by atoms with Crippen molar-refractivity contribution in [2.75, 3.05) is 25.4 Å². The van der Waals surface area contributed by atoms with Crippen LogP contribution in [0.15, 0.2) is 29.2 Å². The molecule has 0 radical (unpaired) electrons. The minimum atomic E-state index is -4.77. The molecular formula is C16H20F3NO2S. The summed E-state index contributed by atoms with van der Waals surface area (Å²) < 4.78 is 37.2. The summed E-state index contributed by atoms with van der Waals surface area (Å²) in [6, 6.07) is 8.04. The summed E-state index contributed by atoms with van der Waals surface area (Å²) in [5, 5.41) is 8.79. The molecule has 1 fully saturated rings. The number of hydrogen-bond acceptors (Lipinski definition) is 3. The molecule has 0 atom stereocenters. The van der Waals surface area contributed by atoms with Crippen molar-refractivity contribution in [2.24, 2.45) is 5.92 Å². The Balaban J connectivity index is 1.81. The molecule has 1 aromatic carbocycles. The van der Waals surface area contributed by atoms with Gasteiger partial charge in [-0.25, -0.2) is 0 Å². The lowest BCUT2D eigenvalue weighted by Crippen LogP contribution is -2.45. The van der Waals surface area contributed by atoms with Crippen molar-refractivity contribution >= 4 is 17.7 Å². The zero-order valence-electron chi connectivity index (χ0n) is 12.7. The third kappa shape index (κ3) is 5.42. The van der Waals surface area contributed by atoms with Crippen LogP contribution in [0, 0.1) is 5.92 Å². The maximum atomic E-state index is 12.4. The molecule has 0 bridgehead atoms. The zero-order valence-corrected chi connectivity index (χ0v) is 13.5. The second-order valence-electron chi connectivity index (χ2n) is 5.65. The zero-order chi connectivity index (χ0) is 16.9. The molecule has 1 amide bonds. The highest BCUT2D eigenvalue weighted by Gasteiger charge is 2.43. The van der Waals surface area contributed by atoms with E-state index < -0.39 is 12.1 Å². The standard InChI is InChI=1S/C16H20F3NO2S/c17-16(18,19)15(22)20-7-5-13(6-8-20)11-12-1-3-14(4-2-12)23-10-9-21/h1-4,13,21H,5-11H2. The molecule has 1 heterocycles. The lowest BCUT2D eigenvalue weighted by Gasteiger charge is -2.32. The number of thioether (sulfide) groups is 1. The van der Waals surface area contributed by atoms with Crippen molar-refractivity contribution in [1.82, 2.24) is 4.90 Å². The van der Waals surface area contributed by atoms with E-state index in [1.165, 1.54) is 0 Å². The van der Waals surface area contributed by atoms with Crippen LogP contribution in [0.2, 0.25) is 0 Å². The first-order valence-corrected chi connectivity index (χ1v) is 8.57. The first-order chi connectivity index (χ1) is 10.9. The van der Waals surface area contributed by atoms with Crippen molar-refractivity contribution in [1.29, 1.82) is 0 Å². The molecule has 0 aliphatic carbocycles. The summed E-state index contributed by atoms with van der Waals surface area (Å²) in [7, 11) is 0. The topological polar surface area (TPSA) is 40.5 Å². The average Bonchev–Trinajstić information content (AvgIpc) is 2.53. The molecule has 3 nitrogen and oxygen atoms in total. The SMILES string of the molecule is O=C(N1CCC(Cc2ccc(SCCO)cc2)CC1)C(F)(F)F. The monoisotopic (exact) mass is 347 g/mol. The fraction of sp³-hybridized carbons (Fsp3) is 0.562. The highest BCUT2D eigenvalue weighted by molar-refractivity contribution is 7.99. The first kappa shape index (κ1) is 18.1. The fourth-order valence-electron chi connectivity index (χ4n) is 2.74. The summed E-state index contributed by atoms with van der Waals surface area (Å²) in [6.45, 7) is 0.489. The number of rotatable bonds is 5. The van der Waals surface area contributed by atoms with Crippen molar-refractivity contribution in [3.05, 3.63) is 29.8 Å². The van der Waals surface area contributed by atoms with Gasteiger partial charge in [-0.15, -0.1) is 11.8 Å². The molecule has 0 unspecified atom stereocenters. The molecule has 1 aliphatic heterocycles. The third-order valence-electron chi connectivity index (χ3n) is 3.95. The van der Waals surface area contributed by atoms with Gasteiger partial charge >= 0.3 is 12.1 Å². The predicted molar refractivity (Wildman–Crippen MR) is 83.3 cm³/mol.